The van der Waals surface area contributed by atoms with Crippen molar-refractivity contribution in [2.75, 3.05) is 5.43 Å². The van der Waals surface area contributed by atoms with Crippen LogP contribution in [-0.2, 0) is 23.6 Å². The topological polar surface area (TPSA) is 102 Å². The average Bonchev–Trinajstić information content (AvgIpc) is 2.70. The van der Waals surface area contributed by atoms with Gasteiger partial charge in [-0.1, -0.05) is 0 Å². The number of hydrazine groups is 1. The third-order valence-corrected chi connectivity index (χ3v) is 4.85. The molecule has 0 spiro atoms. The summed E-state index contributed by atoms with van der Waals surface area (Å²) in [4.78, 5) is 0.195. The molecule has 0 aliphatic carbocycles. The summed E-state index contributed by atoms with van der Waals surface area (Å²) < 4.78 is 28.8. The number of nitrogens with zero attached hydrogens (tertiary/aromatic N) is 2. The van der Waals surface area contributed by atoms with Crippen LogP contribution in [0.25, 0.3) is 0 Å². The Labute approximate surface area is 124 Å². The molecule has 1 aromatic carbocycles. The lowest BCUT2D eigenvalue weighted by molar-refractivity contribution is 0.581. The third-order valence-electron chi connectivity index (χ3n) is 3.43. The van der Waals surface area contributed by atoms with E-state index < -0.39 is 10.0 Å². The third kappa shape index (κ3) is 3.23. The predicted octanol–water partition coefficient (Wildman–Crippen LogP) is 0.801. The van der Waals surface area contributed by atoms with E-state index in [2.05, 4.69) is 15.2 Å². The number of nitrogen functional groups attached to an aromatic ring is 1. The molecule has 0 aliphatic rings. The van der Waals surface area contributed by atoms with E-state index >= 15 is 0 Å². The lowest BCUT2D eigenvalue weighted by Crippen LogP contribution is -2.23. The number of rotatable bonds is 5. The van der Waals surface area contributed by atoms with Crippen LogP contribution < -0.4 is 16.0 Å². The van der Waals surface area contributed by atoms with Gasteiger partial charge in [-0.3, -0.25) is 10.5 Å². The molecule has 4 N–H and O–H groups in total. The quantitative estimate of drug-likeness (QED) is 0.560. The second kappa shape index (κ2) is 5.84. The molecule has 2 rings (SSSR count). The van der Waals surface area contributed by atoms with E-state index in [9.17, 15) is 8.42 Å². The van der Waals surface area contributed by atoms with Crippen LogP contribution in [0.5, 0.6) is 0 Å². The van der Waals surface area contributed by atoms with Crippen LogP contribution in [0.1, 0.15) is 17.0 Å². The van der Waals surface area contributed by atoms with Crippen LogP contribution in [0.15, 0.2) is 29.2 Å². The van der Waals surface area contributed by atoms with Crippen molar-refractivity contribution in [3.63, 3.8) is 0 Å². The highest BCUT2D eigenvalue weighted by Crippen LogP contribution is 2.15. The van der Waals surface area contributed by atoms with Crippen LogP contribution in [0.4, 0.5) is 5.69 Å². The van der Waals surface area contributed by atoms with Crippen LogP contribution in [0.3, 0.4) is 0 Å². The molecule has 1 heterocycles. The highest BCUT2D eigenvalue weighted by atomic mass is 32.2. The number of anilines is 1. The predicted molar refractivity (Wildman–Crippen MR) is 81.0 cm³/mol. The summed E-state index contributed by atoms with van der Waals surface area (Å²) in [6.45, 7) is 3.98. The second-order valence-electron chi connectivity index (χ2n) is 4.77. The first-order valence-electron chi connectivity index (χ1n) is 6.40. The first-order chi connectivity index (χ1) is 9.85. The molecule has 0 fully saturated rings. The maximum atomic E-state index is 12.2. The van der Waals surface area contributed by atoms with Crippen molar-refractivity contribution < 1.29 is 8.42 Å². The van der Waals surface area contributed by atoms with Crippen molar-refractivity contribution in [3.05, 3.63) is 41.2 Å². The molecule has 21 heavy (non-hydrogen) atoms. The largest absolute Gasteiger partial charge is 0.324 e. The number of benzene rings is 1. The van der Waals surface area contributed by atoms with E-state index in [1.54, 1.807) is 16.8 Å². The van der Waals surface area contributed by atoms with Crippen LogP contribution in [0.2, 0.25) is 0 Å². The Kier molecular flexibility index (Phi) is 4.31. The average molecular weight is 309 g/mol. The number of nitrogens with one attached hydrogen (secondary N) is 2. The summed E-state index contributed by atoms with van der Waals surface area (Å²) in [6.07, 6.45) is 0. The van der Waals surface area contributed by atoms with Gasteiger partial charge in [-0.2, -0.15) is 5.10 Å². The molecule has 0 radical (unpaired) electrons. The Morgan fingerprint density at radius 2 is 1.86 bits per heavy atom. The van der Waals surface area contributed by atoms with Crippen LogP contribution in [-0.4, -0.2) is 18.2 Å². The van der Waals surface area contributed by atoms with Gasteiger partial charge in [0.2, 0.25) is 10.0 Å². The molecular weight excluding hydrogens is 290 g/mol. The zero-order valence-electron chi connectivity index (χ0n) is 12.2. The summed E-state index contributed by atoms with van der Waals surface area (Å²) in [5.74, 6) is 5.25. The molecule has 0 saturated heterocycles. The van der Waals surface area contributed by atoms with E-state index in [-0.39, 0.29) is 11.4 Å². The molecule has 8 heteroatoms. The molecule has 0 unspecified atom stereocenters. The van der Waals surface area contributed by atoms with Gasteiger partial charge >= 0.3 is 0 Å². The molecular formula is C13H19N5O2S. The Balaban J connectivity index is 2.17. The molecule has 0 bridgehead atoms. The summed E-state index contributed by atoms with van der Waals surface area (Å²) in [5.41, 5.74) is 5.75. The number of hydrogen-bond donors (Lipinski definition) is 3. The Hall–Kier alpha value is -1.90. The second-order valence-corrected chi connectivity index (χ2v) is 6.53. The number of aromatic nitrogens is 2. The fraction of sp³-hybridized carbons (Fsp3) is 0.308. The first kappa shape index (κ1) is 15.5. The van der Waals surface area contributed by atoms with E-state index in [1.807, 2.05) is 20.9 Å². The number of sulfonamides is 1. The summed E-state index contributed by atoms with van der Waals surface area (Å²) in [6, 6.07) is 6.21. The van der Waals surface area contributed by atoms with Gasteiger partial charge in [-0.25, -0.2) is 13.1 Å². The lowest BCUT2D eigenvalue weighted by atomic mass is 10.2. The van der Waals surface area contributed by atoms with Gasteiger partial charge < -0.3 is 5.43 Å². The molecule has 0 amide bonds. The normalized spacial score (nSPS) is 11.6. The molecule has 0 saturated carbocycles. The van der Waals surface area contributed by atoms with E-state index in [4.69, 9.17) is 5.84 Å². The van der Waals surface area contributed by atoms with Gasteiger partial charge in [-0.15, -0.1) is 0 Å². The van der Waals surface area contributed by atoms with Crippen LogP contribution >= 0.6 is 0 Å². The van der Waals surface area contributed by atoms with Crippen LogP contribution in [0, 0.1) is 13.8 Å². The number of aryl methyl sites for hydroxylation is 2. The maximum absolute atomic E-state index is 12.2. The highest BCUT2D eigenvalue weighted by Gasteiger charge is 2.16. The smallest absolute Gasteiger partial charge is 0.240 e. The minimum atomic E-state index is -3.56. The van der Waals surface area contributed by atoms with Crippen molar-refractivity contribution in [1.29, 1.82) is 0 Å². The summed E-state index contributed by atoms with van der Waals surface area (Å²) in [7, 11) is -1.73. The van der Waals surface area contributed by atoms with Crippen molar-refractivity contribution in [3.8, 4) is 0 Å². The Morgan fingerprint density at radius 1 is 1.24 bits per heavy atom. The fourth-order valence-electron chi connectivity index (χ4n) is 2.05. The number of hydrogen-bond acceptors (Lipinski definition) is 5. The maximum Gasteiger partial charge on any atom is 0.240 e. The Morgan fingerprint density at radius 3 is 2.33 bits per heavy atom. The lowest BCUT2D eigenvalue weighted by Gasteiger charge is -2.08. The molecule has 0 aliphatic heterocycles. The number of nitrogens with two attached hydrogens (primary N) is 1. The highest BCUT2D eigenvalue weighted by molar-refractivity contribution is 7.89. The van der Waals surface area contributed by atoms with Gasteiger partial charge in [0, 0.05) is 30.5 Å². The van der Waals surface area contributed by atoms with Gasteiger partial charge in [0.15, 0.2) is 0 Å². The standard InChI is InChI=1S/C13H19N5O2S/c1-9-13(10(2)18(3)17-9)8-15-21(19,20)12-6-4-11(16-14)5-7-12/h4-7,15-16H,8,14H2,1-3H3. The molecule has 114 valence electrons. The minimum absolute atomic E-state index is 0.195. The SMILES string of the molecule is Cc1nn(C)c(C)c1CNS(=O)(=O)c1ccc(NN)cc1. The zero-order chi connectivity index (χ0) is 15.6. The molecule has 0 atom stereocenters. The van der Waals surface area contributed by atoms with Crippen molar-refractivity contribution in [2.24, 2.45) is 12.9 Å². The van der Waals surface area contributed by atoms with E-state index in [1.165, 1.54) is 12.1 Å². The first-order valence-corrected chi connectivity index (χ1v) is 7.89. The monoisotopic (exact) mass is 309 g/mol. The van der Waals surface area contributed by atoms with Gasteiger partial charge in [0.1, 0.15) is 0 Å². The molecule has 2 aromatic rings. The van der Waals surface area contributed by atoms with Gasteiger partial charge in [0.05, 0.1) is 10.6 Å². The van der Waals surface area contributed by atoms with E-state index in [0.29, 0.717) is 5.69 Å². The zero-order valence-corrected chi connectivity index (χ0v) is 13.0. The molecule has 7 nitrogen and oxygen atoms in total. The fourth-order valence-corrected chi connectivity index (χ4v) is 3.05. The van der Waals surface area contributed by atoms with Crippen molar-refractivity contribution >= 4 is 15.7 Å². The van der Waals surface area contributed by atoms with Crippen molar-refractivity contribution in [1.82, 2.24) is 14.5 Å². The summed E-state index contributed by atoms with van der Waals surface area (Å²) >= 11 is 0. The molecule has 1 aromatic heterocycles. The van der Waals surface area contributed by atoms with Crippen molar-refractivity contribution in [2.45, 2.75) is 25.3 Å². The Bertz CT molecular complexity index is 735. The summed E-state index contributed by atoms with van der Waals surface area (Å²) in [5, 5.41) is 4.27. The van der Waals surface area contributed by atoms with Gasteiger partial charge in [0.25, 0.3) is 0 Å². The van der Waals surface area contributed by atoms with Gasteiger partial charge in [-0.05, 0) is 38.1 Å². The van der Waals surface area contributed by atoms with E-state index in [0.717, 1.165) is 17.0 Å². The minimum Gasteiger partial charge on any atom is -0.324 e.